The number of ether oxygens (including phenoxy) is 1. The van der Waals surface area contributed by atoms with E-state index >= 15 is 0 Å². The molecule has 0 saturated heterocycles. The summed E-state index contributed by atoms with van der Waals surface area (Å²) in [5, 5.41) is 12.7. The number of hydrogen-bond acceptors (Lipinski definition) is 5. The van der Waals surface area contributed by atoms with E-state index in [0.717, 1.165) is 12.1 Å². The van der Waals surface area contributed by atoms with Crippen LogP contribution >= 0.6 is 11.6 Å². The molecule has 0 aliphatic rings. The van der Waals surface area contributed by atoms with Crippen molar-refractivity contribution in [3.05, 3.63) is 75.7 Å². The van der Waals surface area contributed by atoms with Gasteiger partial charge in [-0.3, -0.25) is 0 Å². The van der Waals surface area contributed by atoms with Gasteiger partial charge >= 0.3 is 12.1 Å². The van der Waals surface area contributed by atoms with E-state index in [4.69, 9.17) is 21.7 Å². The Morgan fingerprint density at radius 2 is 1.87 bits per heavy atom. The van der Waals surface area contributed by atoms with Gasteiger partial charge in [-0.25, -0.2) is 14.5 Å². The molecule has 3 aromatic rings. The molecule has 0 aliphatic carbocycles. The zero-order valence-electron chi connectivity index (χ0n) is 15.9. The fraction of sp³-hybridized carbons (Fsp3) is 0.200. The van der Waals surface area contributed by atoms with E-state index in [2.05, 4.69) is 10.1 Å². The van der Waals surface area contributed by atoms with Crippen LogP contribution in [-0.4, -0.2) is 33.1 Å². The highest BCUT2D eigenvalue weighted by molar-refractivity contribution is 6.30. The summed E-state index contributed by atoms with van der Waals surface area (Å²) in [6, 6.07) is 7.92. The zero-order chi connectivity index (χ0) is 22.1. The quantitative estimate of drug-likeness (QED) is 0.461. The van der Waals surface area contributed by atoms with Crippen molar-refractivity contribution in [3.63, 3.8) is 0 Å². The van der Waals surface area contributed by atoms with Gasteiger partial charge in [0.05, 0.1) is 28.7 Å². The highest BCUT2D eigenvalue weighted by atomic mass is 35.5. The number of rotatable bonds is 5. The average Bonchev–Trinajstić information content (AvgIpc) is 3.06. The molecule has 0 saturated carbocycles. The van der Waals surface area contributed by atoms with E-state index in [9.17, 15) is 18.0 Å². The molecule has 0 aliphatic heterocycles. The van der Waals surface area contributed by atoms with Crippen LogP contribution in [0.1, 0.15) is 32.9 Å². The highest BCUT2D eigenvalue weighted by Crippen LogP contribution is 2.30. The Hall–Kier alpha value is -3.20. The molecule has 30 heavy (non-hydrogen) atoms. The number of nitrogens with zero attached hydrogens (tertiary/aromatic N) is 3. The first-order valence-electron chi connectivity index (χ1n) is 8.67. The molecule has 1 aromatic carbocycles. The number of aryl methyl sites for hydroxylation is 1. The average molecular weight is 437 g/mol. The lowest BCUT2D eigenvalue weighted by Crippen LogP contribution is -2.15. The van der Waals surface area contributed by atoms with Gasteiger partial charge in [-0.1, -0.05) is 11.6 Å². The second kappa shape index (κ2) is 8.27. The Morgan fingerprint density at radius 1 is 1.20 bits per heavy atom. The number of halogens is 4. The van der Waals surface area contributed by atoms with Gasteiger partial charge in [-0.15, -0.1) is 0 Å². The molecule has 2 aromatic heterocycles. The number of benzene rings is 1. The fourth-order valence-electron chi connectivity index (χ4n) is 2.74. The van der Waals surface area contributed by atoms with Crippen molar-refractivity contribution in [3.8, 4) is 5.82 Å². The monoisotopic (exact) mass is 436 g/mol. The molecular formula is C20H16ClF3N4O2. The number of alkyl halides is 3. The van der Waals surface area contributed by atoms with E-state index in [0.29, 0.717) is 16.3 Å². The number of pyridine rings is 1. The molecular weight excluding hydrogens is 421 g/mol. The third-order valence-electron chi connectivity index (χ3n) is 4.25. The van der Waals surface area contributed by atoms with Crippen LogP contribution in [0, 0.1) is 19.3 Å². The summed E-state index contributed by atoms with van der Waals surface area (Å²) in [5.74, 6) is -0.645. The van der Waals surface area contributed by atoms with Crippen molar-refractivity contribution in [2.45, 2.75) is 20.0 Å². The Morgan fingerprint density at radius 3 is 2.50 bits per heavy atom. The summed E-state index contributed by atoms with van der Waals surface area (Å²) in [4.78, 5) is 16.2. The van der Waals surface area contributed by atoms with Crippen molar-refractivity contribution < 1.29 is 22.7 Å². The number of esters is 1. The Balaban J connectivity index is 1.78. The minimum absolute atomic E-state index is 0.0166. The predicted octanol–water partition coefficient (Wildman–Crippen LogP) is 4.78. The van der Waals surface area contributed by atoms with Crippen LogP contribution in [0.15, 0.2) is 42.6 Å². The molecule has 6 nitrogen and oxygen atoms in total. The first-order valence-corrected chi connectivity index (χ1v) is 9.05. The number of carbonyl (C=O) groups excluding carboxylic acids is 1. The zero-order valence-corrected chi connectivity index (χ0v) is 16.7. The van der Waals surface area contributed by atoms with Gasteiger partial charge in [0, 0.05) is 16.3 Å². The van der Waals surface area contributed by atoms with E-state index in [-0.39, 0.29) is 29.4 Å². The maximum absolute atomic E-state index is 13.1. The van der Waals surface area contributed by atoms with Crippen molar-refractivity contribution >= 4 is 23.3 Å². The third-order valence-corrected chi connectivity index (χ3v) is 4.50. The molecule has 0 bridgehead atoms. The molecule has 10 heteroatoms. The standard InChI is InChI=1S/C20H16ClF3N4O2/c1-11-7-14(20(22,23)24)8-18(27-11)28-12(2)16(9-26-28)17(25)10-30-19(29)13-3-5-15(21)6-4-13/h3-9,25H,10H2,1-2H3. The van der Waals surface area contributed by atoms with Crippen molar-refractivity contribution in [1.29, 1.82) is 5.41 Å². The van der Waals surface area contributed by atoms with E-state index < -0.39 is 17.7 Å². The molecule has 0 fully saturated rings. The van der Waals surface area contributed by atoms with Gasteiger partial charge in [0.1, 0.15) is 6.61 Å². The fourth-order valence-corrected chi connectivity index (χ4v) is 2.87. The lowest BCUT2D eigenvalue weighted by molar-refractivity contribution is -0.137. The Bertz CT molecular complexity index is 1110. The summed E-state index contributed by atoms with van der Waals surface area (Å²) in [6.07, 6.45) is -3.19. The van der Waals surface area contributed by atoms with Crippen LogP contribution in [0.4, 0.5) is 13.2 Å². The summed E-state index contributed by atoms with van der Waals surface area (Å²) < 4.78 is 45.6. The van der Waals surface area contributed by atoms with Gasteiger partial charge in [0.2, 0.25) is 0 Å². The van der Waals surface area contributed by atoms with Crippen LogP contribution in [0.25, 0.3) is 5.82 Å². The van der Waals surface area contributed by atoms with Gasteiger partial charge in [0.25, 0.3) is 0 Å². The van der Waals surface area contributed by atoms with Gasteiger partial charge in [-0.2, -0.15) is 18.3 Å². The van der Waals surface area contributed by atoms with E-state index in [1.54, 1.807) is 19.1 Å². The minimum atomic E-state index is -4.52. The SMILES string of the molecule is Cc1cc(C(F)(F)F)cc(-n2ncc(C(=N)COC(=O)c3ccc(Cl)cc3)c2C)n1. The van der Waals surface area contributed by atoms with Gasteiger partial charge in [-0.05, 0) is 50.2 Å². The molecule has 1 N–H and O–H groups in total. The first-order chi connectivity index (χ1) is 14.1. The lowest BCUT2D eigenvalue weighted by atomic mass is 10.1. The molecule has 156 valence electrons. The highest BCUT2D eigenvalue weighted by Gasteiger charge is 2.31. The summed E-state index contributed by atoms with van der Waals surface area (Å²) in [7, 11) is 0. The summed E-state index contributed by atoms with van der Waals surface area (Å²) in [6.45, 7) is 2.72. The Labute approximate surface area is 174 Å². The van der Waals surface area contributed by atoms with Crippen LogP contribution < -0.4 is 0 Å². The molecule has 0 spiro atoms. The van der Waals surface area contributed by atoms with Gasteiger partial charge < -0.3 is 10.1 Å². The maximum atomic E-state index is 13.1. The second-order valence-electron chi connectivity index (χ2n) is 6.47. The molecule has 0 unspecified atom stereocenters. The van der Waals surface area contributed by atoms with E-state index in [1.165, 1.54) is 29.9 Å². The first kappa shape index (κ1) is 21.5. The smallest absolute Gasteiger partial charge is 0.416 e. The maximum Gasteiger partial charge on any atom is 0.416 e. The van der Waals surface area contributed by atoms with E-state index in [1.807, 2.05) is 0 Å². The van der Waals surface area contributed by atoms with Crippen molar-refractivity contribution in [1.82, 2.24) is 14.8 Å². The lowest BCUT2D eigenvalue weighted by Gasteiger charge is -2.11. The summed E-state index contributed by atoms with van der Waals surface area (Å²) >= 11 is 5.78. The number of aromatic nitrogens is 3. The topological polar surface area (TPSA) is 80.9 Å². The van der Waals surface area contributed by atoms with Gasteiger partial charge in [0.15, 0.2) is 5.82 Å². The number of carbonyl (C=O) groups is 1. The van der Waals surface area contributed by atoms with Crippen LogP contribution in [0.3, 0.4) is 0 Å². The third kappa shape index (κ3) is 4.68. The largest absolute Gasteiger partial charge is 0.456 e. The summed E-state index contributed by atoms with van der Waals surface area (Å²) in [5.41, 5.74) is 0.300. The molecule has 3 rings (SSSR count). The number of hydrogen-bond donors (Lipinski definition) is 1. The Kier molecular flexibility index (Phi) is 5.93. The van der Waals surface area contributed by atoms with Crippen molar-refractivity contribution in [2.24, 2.45) is 0 Å². The second-order valence-corrected chi connectivity index (χ2v) is 6.91. The minimum Gasteiger partial charge on any atom is -0.456 e. The predicted molar refractivity (Wildman–Crippen MR) is 104 cm³/mol. The van der Waals surface area contributed by atoms with Crippen LogP contribution in [0.5, 0.6) is 0 Å². The molecule has 0 amide bonds. The molecule has 0 radical (unpaired) electrons. The molecule has 2 heterocycles. The number of nitrogens with one attached hydrogen (secondary N) is 1. The van der Waals surface area contributed by atoms with Crippen molar-refractivity contribution in [2.75, 3.05) is 6.61 Å². The normalized spacial score (nSPS) is 11.4. The van der Waals surface area contributed by atoms with Crippen LogP contribution in [0.2, 0.25) is 5.02 Å². The molecule has 0 atom stereocenters. The van der Waals surface area contributed by atoms with Crippen LogP contribution in [-0.2, 0) is 10.9 Å².